The molecule has 0 saturated carbocycles. The molecule has 6 heteroatoms. The SMILES string of the molecule is COc1ccc(-c2nn(Cc3ccc(C)cc3)c(=O)c3nc(C)sc23)cc1. The number of aryl methyl sites for hydroxylation is 2. The van der Waals surface area contributed by atoms with Gasteiger partial charge in [-0.2, -0.15) is 5.10 Å². The van der Waals surface area contributed by atoms with Gasteiger partial charge in [-0.3, -0.25) is 4.79 Å². The maximum atomic E-state index is 12.9. The van der Waals surface area contributed by atoms with E-state index in [1.165, 1.54) is 21.6 Å². The molecule has 2 heterocycles. The molecule has 2 aromatic heterocycles. The van der Waals surface area contributed by atoms with Crippen LogP contribution >= 0.6 is 11.3 Å². The first kappa shape index (κ1) is 17.4. The third-order valence-corrected chi connectivity index (χ3v) is 5.40. The summed E-state index contributed by atoms with van der Waals surface area (Å²) in [7, 11) is 1.64. The van der Waals surface area contributed by atoms with Crippen LogP contribution in [0.15, 0.2) is 53.3 Å². The van der Waals surface area contributed by atoms with E-state index in [1.807, 2.05) is 62.4 Å². The van der Waals surface area contributed by atoms with Crippen molar-refractivity contribution in [1.29, 1.82) is 0 Å². The van der Waals surface area contributed by atoms with E-state index < -0.39 is 0 Å². The second kappa shape index (κ2) is 6.96. The Morgan fingerprint density at radius 1 is 1.04 bits per heavy atom. The molecule has 0 amide bonds. The van der Waals surface area contributed by atoms with Gasteiger partial charge in [0.25, 0.3) is 5.56 Å². The van der Waals surface area contributed by atoms with Gasteiger partial charge >= 0.3 is 0 Å². The van der Waals surface area contributed by atoms with Crippen LogP contribution in [0.25, 0.3) is 21.5 Å². The molecule has 0 aliphatic rings. The van der Waals surface area contributed by atoms with Gasteiger partial charge < -0.3 is 4.74 Å². The van der Waals surface area contributed by atoms with Gasteiger partial charge in [-0.25, -0.2) is 9.67 Å². The van der Waals surface area contributed by atoms with E-state index in [9.17, 15) is 4.79 Å². The normalized spacial score (nSPS) is 11.1. The molecule has 5 nitrogen and oxygen atoms in total. The lowest BCUT2D eigenvalue weighted by atomic mass is 10.1. The van der Waals surface area contributed by atoms with E-state index in [2.05, 4.69) is 4.98 Å². The summed E-state index contributed by atoms with van der Waals surface area (Å²) in [5.74, 6) is 0.781. The fourth-order valence-corrected chi connectivity index (χ4v) is 3.89. The van der Waals surface area contributed by atoms with Gasteiger partial charge in [-0.05, 0) is 43.7 Å². The van der Waals surface area contributed by atoms with Crippen LogP contribution in [0, 0.1) is 13.8 Å². The molecule has 0 spiro atoms. The molecule has 0 aliphatic carbocycles. The van der Waals surface area contributed by atoms with Crippen molar-refractivity contribution in [3.8, 4) is 17.0 Å². The van der Waals surface area contributed by atoms with Gasteiger partial charge in [0.15, 0.2) is 5.52 Å². The van der Waals surface area contributed by atoms with Crippen molar-refractivity contribution in [2.45, 2.75) is 20.4 Å². The number of ether oxygens (including phenoxy) is 1. The molecule has 27 heavy (non-hydrogen) atoms. The highest BCUT2D eigenvalue weighted by atomic mass is 32.1. The molecule has 0 fully saturated rings. The largest absolute Gasteiger partial charge is 0.497 e. The van der Waals surface area contributed by atoms with Crippen LogP contribution in [-0.4, -0.2) is 21.9 Å². The van der Waals surface area contributed by atoms with Crippen LogP contribution < -0.4 is 10.3 Å². The molecule has 2 aromatic carbocycles. The number of aromatic nitrogens is 3. The lowest BCUT2D eigenvalue weighted by Gasteiger charge is -2.09. The molecule has 0 aliphatic heterocycles. The summed E-state index contributed by atoms with van der Waals surface area (Å²) in [5, 5.41) is 5.54. The third kappa shape index (κ3) is 3.36. The molecule has 4 aromatic rings. The highest BCUT2D eigenvalue weighted by Crippen LogP contribution is 2.30. The van der Waals surface area contributed by atoms with Crippen LogP contribution in [-0.2, 0) is 6.54 Å². The van der Waals surface area contributed by atoms with Crippen molar-refractivity contribution in [3.05, 3.63) is 75.0 Å². The summed E-state index contributed by atoms with van der Waals surface area (Å²) in [6.07, 6.45) is 0. The van der Waals surface area contributed by atoms with Gasteiger partial charge in [0, 0.05) is 5.56 Å². The van der Waals surface area contributed by atoms with E-state index >= 15 is 0 Å². The quantitative estimate of drug-likeness (QED) is 0.535. The van der Waals surface area contributed by atoms with Crippen LogP contribution in [0.5, 0.6) is 5.75 Å². The Morgan fingerprint density at radius 2 is 1.74 bits per heavy atom. The first-order valence-corrected chi connectivity index (χ1v) is 9.45. The van der Waals surface area contributed by atoms with Crippen LogP contribution in [0.4, 0.5) is 0 Å². The predicted octanol–water partition coefficient (Wildman–Crippen LogP) is 4.19. The second-order valence-corrected chi connectivity index (χ2v) is 7.64. The number of hydrogen-bond acceptors (Lipinski definition) is 5. The fraction of sp³-hybridized carbons (Fsp3) is 0.190. The van der Waals surface area contributed by atoms with Crippen molar-refractivity contribution in [2.24, 2.45) is 0 Å². The number of hydrogen-bond donors (Lipinski definition) is 0. The number of fused-ring (bicyclic) bond motifs is 1. The van der Waals surface area contributed by atoms with Crippen molar-refractivity contribution in [3.63, 3.8) is 0 Å². The van der Waals surface area contributed by atoms with E-state index in [1.54, 1.807) is 7.11 Å². The summed E-state index contributed by atoms with van der Waals surface area (Å²) in [6, 6.07) is 15.8. The molecule has 0 unspecified atom stereocenters. The van der Waals surface area contributed by atoms with Crippen LogP contribution in [0.1, 0.15) is 16.1 Å². The number of benzene rings is 2. The van der Waals surface area contributed by atoms with Crippen molar-refractivity contribution in [1.82, 2.24) is 14.8 Å². The number of nitrogens with zero attached hydrogens (tertiary/aromatic N) is 3. The standard InChI is InChI=1S/C21H19N3O2S/c1-13-4-6-15(7-5-13)12-24-21(25)19-20(27-14(2)22-19)18(23-24)16-8-10-17(26-3)11-9-16/h4-11H,12H2,1-3H3. The Balaban J connectivity index is 1.88. The van der Waals surface area contributed by atoms with E-state index in [0.717, 1.165) is 32.3 Å². The second-order valence-electron chi connectivity index (χ2n) is 6.44. The monoisotopic (exact) mass is 377 g/mol. The van der Waals surface area contributed by atoms with Crippen molar-refractivity contribution in [2.75, 3.05) is 7.11 Å². The highest BCUT2D eigenvalue weighted by Gasteiger charge is 2.16. The van der Waals surface area contributed by atoms with Gasteiger partial charge in [0.05, 0.1) is 23.4 Å². The van der Waals surface area contributed by atoms with E-state index in [-0.39, 0.29) is 5.56 Å². The van der Waals surface area contributed by atoms with Gasteiger partial charge in [0.2, 0.25) is 0 Å². The zero-order valence-corrected chi connectivity index (χ0v) is 16.2. The van der Waals surface area contributed by atoms with Gasteiger partial charge in [-0.15, -0.1) is 11.3 Å². The summed E-state index contributed by atoms with van der Waals surface area (Å²) in [4.78, 5) is 17.4. The van der Waals surface area contributed by atoms with Gasteiger partial charge in [-0.1, -0.05) is 29.8 Å². The average molecular weight is 377 g/mol. The number of thiazole rings is 1. The minimum Gasteiger partial charge on any atom is -0.497 e. The average Bonchev–Trinajstić information content (AvgIpc) is 3.08. The first-order chi connectivity index (χ1) is 13.0. The zero-order valence-electron chi connectivity index (χ0n) is 15.4. The molecule has 0 atom stereocenters. The highest BCUT2D eigenvalue weighted by molar-refractivity contribution is 7.19. The molecular formula is C21H19N3O2S. The van der Waals surface area contributed by atoms with E-state index in [0.29, 0.717) is 12.1 Å². The maximum absolute atomic E-state index is 12.9. The minimum atomic E-state index is -0.160. The van der Waals surface area contributed by atoms with Crippen LogP contribution in [0.2, 0.25) is 0 Å². The smallest absolute Gasteiger partial charge is 0.294 e. The summed E-state index contributed by atoms with van der Waals surface area (Å²) in [6.45, 7) is 4.36. The Morgan fingerprint density at radius 3 is 2.41 bits per heavy atom. The minimum absolute atomic E-state index is 0.160. The Bertz CT molecular complexity index is 1160. The van der Waals surface area contributed by atoms with Crippen LogP contribution in [0.3, 0.4) is 0 Å². The summed E-state index contributed by atoms with van der Waals surface area (Å²) >= 11 is 1.50. The van der Waals surface area contributed by atoms with Gasteiger partial charge in [0.1, 0.15) is 11.4 Å². The predicted molar refractivity (Wildman–Crippen MR) is 109 cm³/mol. The third-order valence-electron chi connectivity index (χ3n) is 4.42. The molecule has 0 N–H and O–H groups in total. The zero-order chi connectivity index (χ0) is 19.0. The number of methoxy groups -OCH3 is 1. The molecule has 0 bridgehead atoms. The Kier molecular flexibility index (Phi) is 4.49. The Hall–Kier alpha value is -2.99. The summed E-state index contributed by atoms with van der Waals surface area (Å²) < 4.78 is 7.57. The molecule has 0 saturated heterocycles. The lowest BCUT2D eigenvalue weighted by Crippen LogP contribution is -2.24. The van der Waals surface area contributed by atoms with Crippen molar-refractivity contribution >= 4 is 21.6 Å². The number of rotatable bonds is 4. The summed E-state index contributed by atoms with van der Waals surface area (Å²) in [5.41, 5.74) is 4.23. The molecule has 0 radical (unpaired) electrons. The molecule has 4 rings (SSSR count). The first-order valence-electron chi connectivity index (χ1n) is 8.63. The topological polar surface area (TPSA) is 57.0 Å². The Labute approximate surface area is 160 Å². The molecule has 136 valence electrons. The lowest BCUT2D eigenvalue weighted by molar-refractivity contribution is 0.415. The van der Waals surface area contributed by atoms with Crippen molar-refractivity contribution < 1.29 is 4.74 Å². The molecular weight excluding hydrogens is 358 g/mol. The fourth-order valence-electron chi connectivity index (χ4n) is 2.98. The van der Waals surface area contributed by atoms with E-state index in [4.69, 9.17) is 9.84 Å². The maximum Gasteiger partial charge on any atom is 0.294 e.